The van der Waals surface area contributed by atoms with Crippen LogP contribution in [0.4, 0.5) is 0 Å². The van der Waals surface area contributed by atoms with Crippen molar-refractivity contribution in [2.24, 2.45) is 4.99 Å². The fraction of sp³-hybridized carbons (Fsp3) is 0.591. The number of guanidine groups is 1. The molecule has 1 aliphatic heterocycles. The van der Waals surface area contributed by atoms with E-state index in [1.165, 1.54) is 22.0 Å². The molecule has 29 heavy (non-hydrogen) atoms. The number of fused-ring (bicyclic) bond motifs is 1. The van der Waals surface area contributed by atoms with E-state index >= 15 is 0 Å². The van der Waals surface area contributed by atoms with Crippen LogP contribution in [-0.2, 0) is 11.2 Å². The van der Waals surface area contributed by atoms with Crippen LogP contribution >= 0.6 is 24.0 Å². The Morgan fingerprint density at radius 3 is 2.72 bits per heavy atom. The van der Waals surface area contributed by atoms with Crippen LogP contribution in [0.3, 0.4) is 0 Å². The van der Waals surface area contributed by atoms with Gasteiger partial charge in [0.15, 0.2) is 5.96 Å². The number of aliphatic imine (C=N–C) groups is 1. The van der Waals surface area contributed by atoms with E-state index in [2.05, 4.69) is 72.6 Å². The Balaban J connectivity index is 0.00000300. The average Bonchev–Trinajstić information content (AvgIpc) is 3.11. The van der Waals surface area contributed by atoms with Crippen molar-refractivity contribution in [3.05, 3.63) is 35.5 Å². The second kappa shape index (κ2) is 11.2. The number of nitrogens with one attached hydrogen (secondary N) is 3. The summed E-state index contributed by atoms with van der Waals surface area (Å²) in [6.45, 7) is 14.9. The Hall–Kier alpha value is -1.32. The maximum Gasteiger partial charge on any atom is 0.191 e. The minimum atomic E-state index is 0. The van der Waals surface area contributed by atoms with Crippen molar-refractivity contribution >= 4 is 40.8 Å². The van der Waals surface area contributed by atoms with Gasteiger partial charge in [0.2, 0.25) is 0 Å². The lowest BCUT2D eigenvalue weighted by Gasteiger charge is -2.39. The minimum Gasteiger partial charge on any atom is -0.379 e. The fourth-order valence-electron chi connectivity index (χ4n) is 3.85. The molecule has 0 amide bonds. The second-order valence-corrected chi connectivity index (χ2v) is 8.10. The number of morpholine rings is 1. The van der Waals surface area contributed by atoms with Crippen molar-refractivity contribution in [1.82, 2.24) is 20.5 Å². The molecule has 7 heteroatoms. The molecule has 0 atom stereocenters. The van der Waals surface area contributed by atoms with Crippen LogP contribution < -0.4 is 10.6 Å². The van der Waals surface area contributed by atoms with E-state index in [0.717, 1.165) is 58.3 Å². The van der Waals surface area contributed by atoms with Gasteiger partial charge in [-0.05, 0) is 51.3 Å². The molecule has 1 aliphatic rings. The predicted octanol–water partition coefficient (Wildman–Crippen LogP) is 3.30. The SMILES string of the molecule is CCNC(=NCC(C)(C)N1CCOCC1)NCCc1c[nH]c2cccc(C)c12.I. The molecule has 3 N–H and O–H groups in total. The van der Waals surface area contributed by atoms with Crippen LogP contribution in [0.5, 0.6) is 0 Å². The van der Waals surface area contributed by atoms with Gasteiger partial charge in [0.1, 0.15) is 0 Å². The fourth-order valence-corrected chi connectivity index (χ4v) is 3.85. The number of halogens is 1. The van der Waals surface area contributed by atoms with Crippen LogP contribution in [0.25, 0.3) is 10.9 Å². The molecule has 0 spiro atoms. The van der Waals surface area contributed by atoms with Gasteiger partial charge >= 0.3 is 0 Å². The smallest absolute Gasteiger partial charge is 0.191 e. The van der Waals surface area contributed by atoms with E-state index in [4.69, 9.17) is 9.73 Å². The number of hydrogen-bond acceptors (Lipinski definition) is 3. The highest BCUT2D eigenvalue weighted by molar-refractivity contribution is 14.0. The summed E-state index contributed by atoms with van der Waals surface area (Å²) in [7, 11) is 0. The second-order valence-electron chi connectivity index (χ2n) is 8.10. The van der Waals surface area contributed by atoms with Crippen molar-refractivity contribution in [3.8, 4) is 0 Å². The van der Waals surface area contributed by atoms with Crippen molar-refractivity contribution in [3.63, 3.8) is 0 Å². The standard InChI is InChI=1S/C22H35N5O.HI/c1-5-23-21(26-16-22(3,4)27-11-13-28-14-12-27)24-10-9-18-15-25-19-8-6-7-17(2)20(18)19;/h6-8,15,25H,5,9-14,16H2,1-4H3,(H2,23,24,26);1H. The summed E-state index contributed by atoms with van der Waals surface area (Å²) in [4.78, 5) is 10.7. The lowest BCUT2D eigenvalue weighted by atomic mass is 10.0. The zero-order chi connectivity index (χ0) is 20.0. The zero-order valence-corrected chi connectivity index (χ0v) is 20.5. The lowest BCUT2D eigenvalue weighted by Crippen LogP contribution is -2.52. The van der Waals surface area contributed by atoms with Crippen molar-refractivity contribution < 1.29 is 4.74 Å². The van der Waals surface area contributed by atoms with Crippen molar-refractivity contribution in [1.29, 1.82) is 0 Å². The first-order valence-electron chi connectivity index (χ1n) is 10.4. The molecule has 1 fully saturated rings. The first-order valence-corrected chi connectivity index (χ1v) is 10.4. The summed E-state index contributed by atoms with van der Waals surface area (Å²) in [5, 5.41) is 8.22. The van der Waals surface area contributed by atoms with Gasteiger partial charge in [-0.15, -0.1) is 24.0 Å². The van der Waals surface area contributed by atoms with Gasteiger partial charge in [-0.25, -0.2) is 0 Å². The number of nitrogens with zero attached hydrogens (tertiary/aromatic N) is 2. The number of aromatic nitrogens is 1. The van der Waals surface area contributed by atoms with Gasteiger partial charge in [0.25, 0.3) is 0 Å². The Kier molecular flexibility index (Phi) is 9.23. The molecule has 1 aromatic heterocycles. The number of aromatic amines is 1. The maximum atomic E-state index is 5.48. The van der Waals surface area contributed by atoms with Crippen LogP contribution in [-0.4, -0.2) is 67.3 Å². The third-order valence-electron chi connectivity index (χ3n) is 5.52. The Labute approximate surface area is 191 Å². The minimum absolute atomic E-state index is 0. The summed E-state index contributed by atoms with van der Waals surface area (Å²) < 4.78 is 5.48. The number of H-pyrrole nitrogens is 1. The molecule has 0 aliphatic carbocycles. The lowest BCUT2D eigenvalue weighted by molar-refractivity contribution is -0.00683. The van der Waals surface area contributed by atoms with E-state index < -0.39 is 0 Å². The monoisotopic (exact) mass is 513 g/mol. The van der Waals surface area contributed by atoms with E-state index in [1.54, 1.807) is 0 Å². The molecule has 0 unspecified atom stereocenters. The molecule has 3 rings (SSSR count). The molecular weight excluding hydrogens is 477 g/mol. The maximum absolute atomic E-state index is 5.48. The molecule has 0 saturated carbocycles. The van der Waals surface area contributed by atoms with Crippen LogP contribution in [0.1, 0.15) is 31.9 Å². The van der Waals surface area contributed by atoms with Crippen molar-refractivity contribution in [2.45, 2.75) is 39.7 Å². The highest BCUT2D eigenvalue weighted by atomic mass is 127. The molecule has 1 aromatic carbocycles. The van der Waals surface area contributed by atoms with Gasteiger partial charge in [-0.1, -0.05) is 12.1 Å². The van der Waals surface area contributed by atoms with Crippen LogP contribution in [0, 0.1) is 6.92 Å². The normalized spacial score (nSPS) is 15.9. The molecule has 162 valence electrons. The van der Waals surface area contributed by atoms with E-state index in [1.807, 2.05) is 0 Å². The third-order valence-corrected chi connectivity index (χ3v) is 5.52. The summed E-state index contributed by atoms with van der Waals surface area (Å²) in [6.07, 6.45) is 3.09. The third kappa shape index (κ3) is 6.33. The summed E-state index contributed by atoms with van der Waals surface area (Å²) in [5.41, 5.74) is 3.91. The predicted molar refractivity (Wildman–Crippen MR) is 133 cm³/mol. The van der Waals surface area contributed by atoms with Gasteiger partial charge in [0, 0.05) is 48.8 Å². The number of hydrogen-bond donors (Lipinski definition) is 3. The molecule has 0 bridgehead atoms. The van der Waals surface area contributed by atoms with Gasteiger partial charge in [0.05, 0.1) is 19.8 Å². The summed E-state index contributed by atoms with van der Waals surface area (Å²) >= 11 is 0. The first kappa shape index (κ1) is 24.0. The van der Waals surface area contributed by atoms with Gasteiger partial charge in [-0.3, -0.25) is 9.89 Å². The molecule has 2 aromatic rings. The number of rotatable bonds is 7. The Morgan fingerprint density at radius 2 is 2.00 bits per heavy atom. The van der Waals surface area contributed by atoms with E-state index in [9.17, 15) is 0 Å². The first-order chi connectivity index (χ1) is 13.5. The zero-order valence-electron chi connectivity index (χ0n) is 18.2. The van der Waals surface area contributed by atoms with E-state index in [-0.39, 0.29) is 29.5 Å². The highest BCUT2D eigenvalue weighted by Crippen LogP contribution is 2.22. The quantitative estimate of drug-likeness (QED) is 0.302. The van der Waals surface area contributed by atoms with Gasteiger partial charge < -0.3 is 20.4 Å². The molecule has 1 saturated heterocycles. The Morgan fingerprint density at radius 1 is 1.24 bits per heavy atom. The number of aryl methyl sites for hydroxylation is 1. The Bertz CT molecular complexity index is 796. The highest BCUT2D eigenvalue weighted by Gasteiger charge is 2.28. The molecule has 6 nitrogen and oxygen atoms in total. The number of ether oxygens (including phenoxy) is 1. The largest absolute Gasteiger partial charge is 0.379 e. The molecule has 0 radical (unpaired) electrons. The topological polar surface area (TPSA) is 64.7 Å². The molecule has 2 heterocycles. The summed E-state index contributed by atoms with van der Waals surface area (Å²) in [6, 6.07) is 6.41. The summed E-state index contributed by atoms with van der Waals surface area (Å²) in [5.74, 6) is 0.889. The van der Waals surface area contributed by atoms with Crippen LogP contribution in [0.15, 0.2) is 29.4 Å². The molecular formula is C22H36IN5O. The average molecular weight is 513 g/mol. The van der Waals surface area contributed by atoms with Crippen molar-refractivity contribution in [2.75, 3.05) is 45.9 Å². The van der Waals surface area contributed by atoms with Gasteiger partial charge in [-0.2, -0.15) is 0 Å². The number of benzene rings is 1. The van der Waals surface area contributed by atoms with E-state index in [0.29, 0.717) is 0 Å². The van der Waals surface area contributed by atoms with Crippen LogP contribution in [0.2, 0.25) is 0 Å².